The molecule has 2 heterocycles. The van der Waals surface area contributed by atoms with Crippen molar-refractivity contribution < 1.29 is 4.74 Å². The molecule has 0 aliphatic carbocycles. The van der Waals surface area contributed by atoms with Crippen molar-refractivity contribution in [2.45, 2.75) is 0 Å². The van der Waals surface area contributed by atoms with E-state index in [-0.39, 0.29) is 5.69 Å². The monoisotopic (exact) mass is 215 g/mol. The first-order chi connectivity index (χ1) is 7.78. The number of rotatable bonds is 1. The molecule has 1 aromatic carbocycles. The molecule has 80 valence electrons. The molecule has 0 radical (unpaired) electrons. The number of benzene rings is 1. The van der Waals surface area contributed by atoms with Gasteiger partial charge in [0.2, 0.25) is 0 Å². The number of H-pyrrole nitrogens is 2. The van der Waals surface area contributed by atoms with Crippen molar-refractivity contribution in [2.75, 3.05) is 7.11 Å². The molecule has 2 aromatic heterocycles. The van der Waals surface area contributed by atoms with Gasteiger partial charge in [0.25, 0.3) is 0 Å². The van der Waals surface area contributed by atoms with Crippen LogP contribution in [0.4, 0.5) is 0 Å². The third-order valence-electron chi connectivity index (χ3n) is 2.52. The summed E-state index contributed by atoms with van der Waals surface area (Å²) in [4.78, 5) is 20.8. The Morgan fingerprint density at radius 1 is 1.31 bits per heavy atom. The minimum absolute atomic E-state index is 0.253. The summed E-state index contributed by atoms with van der Waals surface area (Å²) in [6, 6.07) is 7.46. The van der Waals surface area contributed by atoms with Crippen molar-refractivity contribution in [1.82, 2.24) is 15.0 Å². The van der Waals surface area contributed by atoms with Crippen LogP contribution in [0.15, 0.2) is 29.1 Å². The quantitative estimate of drug-likeness (QED) is 0.644. The molecule has 0 spiro atoms. The largest absolute Gasteiger partial charge is 0.496 e. The maximum absolute atomic E-state index is 11.1. The number of ether oxygens (including phenoxy) is 1. The van der Waals surface area contributed by atoms with Crippen LogP contribution in [0.3, 0.4) is 0 Å². The molecule has 3 aromatic rings. The molecular formula is C11H9N3O2. The van der Waals surface area contributed by atoms with Crippen molar-refractivity contribution in [3.8, 4) is 5.75 Å². The van der Waals surface area contributed by atoms with Crippen LogP contribution in [0.5, 0.6) is 5.75 Å². The number of hydrogen-bond donors (Lipinski definition) is 2. The van der Waals surface area contributed by atoms with E-state index in [1.54, 1.807) is 7.11 Å². The summed E-state index contributed by atoms with van der Waals surface area (Å²) < 4.78 is 5.24. The Morgan fingerprint density at radius 3 is 3.00 bits per heavy atom. The van der Waals surface area contributed by atoms with Gasteiger partial charge in [-0.15, -0.1) is 0 Å². The van der Waals surface area contributed by atoms with Gasteiger partial charge in [0.15, 0.2) is 5.65 Å². The number of fused-ring (bicyclic) bond motifs is 2. The Kier molecular flexibility index (Phi) is 1.73. The molecule has 0 saturated heterocycles. The Hall–Kier alpha value is -2.30. The maximum Gasteiger partial charge on any atom is 0.325 e. The summed E-state index contributed by atoms with van der Waals surface area (Å²) in [5.41, 5.74) is 1.78. The molecule has 2 N–H and O–H groups in total. The van der Waals surface area contributed by atoms with Gasteiger partial charge < -0.3 is 9.72 Å². The predicted molar refractivity (Wildman–Crippen MR) is 60.8 cm³/mol. The van der Waals surface area contributed by atoms with Gasteiger partial charge in [-0.2, -0.15) is 0 Å². The van der Waals surface area contributed by atoms with Crippen LogP contribution in [0, 0.1) is 0 Å². The van der Waals surface area contributed by atoms with Crippen molar-refractivity contribution in [2.24, 2.45) is 0 Å². The number of nitrogens with zero attached hydrogens (tertiary/aromatic N) is 1. The molecular weight excluding hydrogens is 206 g/mol. The first-order valence-electron chi connectivity index (χ1n) is 4.84. The second kappa shape index (κ2) is 3.10. The standard InChI is InChI=1S/C11H9N3O2/c1-16-9-4-2-3-7-6(9)5-8-10(12-7)14-11(15)13-8/h2-5H,1H3,(H2,12,13,14,15). The highest BCUT2D eigenvalue weighted by Crippen LogP contribution is 2.25. The van der Waals surface area contributed by atoms with Crippen LogP contribution in [0.1, 0.15) is 0 Å². The lowest BCUT2D eigenvalue weighted by Crippen LogP contribution is -1.99. The van der Waals surface area contributed by atoms with Crippen LogP contribution < -0.4 is 10.4 Å². The molecule has 5 heteroatoms. The van der Waals surface area contributed by atoms with E-state index < -0.39 is 0 Å². The maximum atomic E-state index is 11.1. The van der Waals surface area contributed by atoms with Gasteiger partial charge in [0.05, 0.1) is 18.1 Å². The van der Waals surface area contributed by atoms with Gasteiger partial charge in [0.1, 0.15) is 5.75 Å². The summed E-state index contributed by atoms with van der Waals surface area (Å²) in [5, 5.41) is 0.882. The Morgan fingerprint density at radius 2 is 2.19 bits per heavy atom. The fourth-order valence-electron chi connectivity index (χ4n) is 1.80. The average Bonchev–Trinajstić information content (AvgIpc) is 2.64. The number of aromatic nitrogens is 3. The molecule has 5 nitrogen and oxygen atoms in total. The Balaban J connectivity index is 2.50. The summed E-state index contributed by atoms with van der Waals surface area (Å²) >= 11 is 0. The molecule has 0 atom stereocenters. The second-order valence-electron chi connectivity index (χ2n) is 3.49. The lowest BCUT2D eigenvalue weighted by Gasteiger charge is -2.03. The lowest BCUT2D eigenvalue weighted by molar-refractivity contribution is 0.420. The minimum Gasteiger partial charge on any atom is -0.496 e. The van der Waals surface area contributed by atoms with Gasteiger partial charge in [-0.25, -0.2) is 9.78 Å². The zero-order valence-electron chi connectivity index (χ0n) is 8.57. The van der Waals surface area contributed by atoms with Gasteiger partial charge in [-0.05, 0) is 18.2 Å². The van der Waals surface area contributed by atoms with E-state index in [0.29, 0.717) is 11.2 Å². The third-order valence-corrected chi connectivity index (χ3v) is 2.52. The number of aromatic amines is 2. The van der Waals surface area contributed by atoms with Crippen molar-refractivity contribution in [3.63, 3.8) is 0 Å². The van der Waals surface area contributed by atoms with E-state index in [4.69, 9.17) is 4.74 Å². The Bertz CT molecular complexity index is 727. The smallest absolute Gasteiger partial charge is 0.325 e. The second-order valence-corrected chi connectivity index (χ2v) is 3.49. The third kappa shape index (κ3) is 1.18. The topological polar surface area (TPSA) is 70.8 Å². The molecule has 0 aliphatic rings. The average molecular weight is 215 g/mol. The van der Waals surface area contributed by atoms with Crippen molar-refractivity contribution in [3.05, 3.63) is 34.7 Å². The lowest BCUT2D eigenvalue weighted by atomic mass is 10.2. The van der Waals surface area contributed by atoms with Crippen LogP contribution in [-0.2, 0) is 0 Å². The number of nitrogens with one attached hydrogen (secondary N) is 2. The summed E-state index contributed by atoms with van der Waals surface area (Å²) in [6.45, 7) is 0. The highest BCUT2D eigenvalue weighted by atomic mass is 16.5. The van der Waals surface area contributed by atoms with Crippen molar-refractivity contribution >= 4 is 22.1 Å². The number of imidazole rings is 1. The number of hydrogen-bond acceptors (Lipinski definition) is 3. The van der Waals surface area contributed by atoms with E-state index in [1.807, 2.05) is 24.3 Å². The molecule has 0 fully saturated rings. The molecule has 0 amide bonds. The van der Waals surface area contributed by atoms with Gasteiger partial charge in [-0.1, -0.05) is 6.07 Å². The van der Waals surface area contributed by atoms with Gasteiger partial charge in [-0.3, -0.25) is 4.98 Å². The fraction of sp³-hybridized carbons (Fsp3) is 0.0909. The predicted octanol–water partition coefficient (Wildman–Crippen LogP) is 1.41. The normalized spacial score (nSPS) is 11.1. The van der Waals surface area contributed by atoms with Crippen molar-refractivity contribution in [1.29, 1.82) is 0 Å². The van der Waals surface area contributed by atoms with E-state index in [9.17, 15) is 4.79 Å². The van der Waals surface area contributed by atoms with Gasteiger partial charge >= 0.3 is 5.69 Å². The molecule has 0 aliphatic heterocycles. The highest BCUT2D eigenvalue weighted by Gasteiger charge is 2.06. The van der Waals surface area contributed by atoms with Crippen LogP contribution in [0.25, 0.3) is 22.1 Å². The molecule has 3 rings (SSSR count). The molecule has 0 bridgehead atoms. The van der Waals surface area contributed by atoms with Crippen LogP contribution in [-0.4, -0.2) is 22.1 Å². The summed E-state index contributed by atoms with van der Waals surface area (Å²) in [7, 11) is 1.61. The Labute approximate surface area is 90.1 Å². The first kappa shape index (κ1) is 8.96. The summed E-state index contributed by atoms with van der Waals surface area (Å²) in [5.74, 6) is 0.744. The van der Waals surface area contributed by atoms with Gasteiger partial charge in [0, 0.05) is 5.39 Å². The first-order valence-corrected chi connectivity index (χ1v) is 4.84. The van der Waals surface area contributed by atoms with E-state index in [1.165, 1.54) is 0 Å². The fourth-order valence-corrected chi connectivity index (χ4v) is 1.80. The minimum atomic E-state index is -0.253. The number of pyridine rings is 1. The molecule has 16 heavy (non-hydrogen) atoms. The summed E-state index contributed by atoms with van der Waals surface area (Å²) in [6.07, 6.45) is 0. The zero-order chi connectivity index (χ0) is 11.1. The van der Waals surface area contributed by atoms with Crippen LogP contribution >= 0.6 is 0 Å². The molecule has 0 saturated carbocycles. The highest BCUT2D eigenvalue weighted by molar-refractivity contribution is 5.93. The SMILES string of the molecule is COc1cccc2nc3[nH]c(=O)[nH]c3cc12. The van der Waals surface area contributed by atoms with Crippen LogP contribution in [0.2, 0.25) is 0 Å². The van der Waals surface area contributed by atoms with E-state index >= 15 is 0 Å². The van der Waals surface area contributed by atoms with E-state index in [2.05, 4.69) is 15.0 Å². The molecule has 0 unspecified atom stereocenters. The zero-order valence-corrected chi connectivity index (χ0v) is 8.57. The van der Waals surface area contributed by atoms with E-state index in [0.717, 1.165) is 16.7 Å². The number of methoxy groups -OCH3 is 1.